The van der Waals surface area contributed by atoms with E-state index in [4.69, 9.17) is 10.2 Å². The van der Waals surface area contributed by atoms with Crippen LogP contribution in [0.3, 0.4) is 0 Å². The van der Waals surface area contributed by atoms with E-state index in [1.54, 1.807) is 12.5 Å². The Labute approximate surface area is 82.6 Å². The van der Waals surface area contributed by atoms with Crippen molar-refractivity contribution in [3.05, 3.63) is 42.3 Å². The van der Waals surface area contributed by atoms with Gasteiger partial charge in [0.15, 0.2) is 5.76 Å². The molecule has 3 nitrogen and oxygen atoms in total. The van der Waals surface area contributed by atoms with Crippen molar-refractivity contribution in [2.45, 2.75) is 6.42 Å². The Hall–Kier alpha value is -1.61. The second kappa shape index (κ2) is 4.07. The minimum Gasteiger partial charge on any atom is -0.462 e. The van der Waals surface area contributed by atoms with Crippen molar-refractivity contribution in [3.63, 3.8) is 0 Å². The number of pyridine rings is 1. The Bertz CT molecular complexity index is 395. The standard InChI is InChI=1S/C11H12N2O/c12-6-4-9-5-8-14-11(9)10-3-1-2-7-13-10/h1-3,5,7-8H,4,6,12H2. The Morgan fingerprint density at radius 2 is 2.21 bits per heavy atom. The van der Waals surface area contributed by atoms with Crippen molar-refractivity contribution in [2.75, 3.05) is 6.54 Å². The van der Waals surface area contributed by atoms with Gasteiger partial charge < -0.3 is 10.2 Å². The van der Waals surface area contributed by atoms with Crippen molar-refractivity contribution >= 4 is 0 Å². The molecular weight excluding hydrogens is 176 g/mol. The average molecular weight is 188 g/mol. The first-order chi connectivity index (χ1) is 6.92. The van der Waals surface area contributed by atoms with Gasteiger partial charge in [-0.3, -0.25) is 4.98 Å². The molecule has 0 bridgehead atoms. The zero-order chi connectivity index (χ0) is 9.80. The van der Waals surface area contributed by atoms with Crippen molar-refractivity contribution < 1.29 is 4.42 Å². The molecule has 0 saturated carbocycles. The van der Waals surface area contributed by atoms with Crippen LogP contribution in [0, 0.1) is 0 Å². The van der Waals surface area contributed by atoms with Gasteiger partial charge in [0.1, 0.15) is 5.69 Å². The van der Waals surface area contributed by atoms with Crippen LogP contribution in [-0.2, 0) is 6.42 Å². The van der Waals surface area contributed by atoms with Crippen LogP contribution >= 0.6 is 0 Å². The second-order valence-corrected chi connectivity index (χ2v) is 3.03. The molecule has 0 aliphatic heterocycles. The van der Waals surface area contributed by atoms with Crippen LogP contribution in [0.5, 0.6) is 0 Å². The lowest BCUT2D eigenvalue weighted by Gasteiger charge is -1.99. The van der Waals surface area contributed by atoms with Crippen LogP contribution < -0.4 is 5.73 Å². The van der Waals surface area contributed by atoms with Crippen molar-refractivity contribution in [1.29, 1.82) is 0 Å². The maximum absolute atomic E-state index is 5.50. The summed E-state index contributed by atoms with van der Waals surface area (Å²) in [6, 6.07) is 7.70. The highest BCUT2D eigenvalue weighted by Crippen LogP contribution is 2.22. The molecule has 2 aromatic rings. The molecule has 2 rings (SSSR count). The van der Waals surface area contributed by atoms with E-state index in [0.717, 1.165) is 23.4 Å². The van der Waals surface area contributed by atoms with Gasteiger partial charge in [0.25, 0.3) is 0 Å². The third-order valence-electron chi connectivity index (χ3n) is 2.06. The van der Waals surface area contributed by atoms with E-state index in [1.165, 1.54) is 0 Å². The number of rotatable bonds is 3. The van der Waals surface area contributed by atoms with Gasteiger partial charge in [-0.2, -0.15) is 0 Å². The molecule has 0 aromatic carbocycles. The minimum atomic E-state index is 0.624. The summed E-state index contributed by atoms with van der Waals surface area (Å²) in [5, 5.41) is 0. The quantitative estimate of drug-likeness (QED) is 0.799. The van der Waals surface area contributed by atoms with Gasteiger partial charge >= 0.3 is 0 Å². The monoisotopic (exact) mass is 188 g/mol. The molecule has 0 saturated heterocycles. The third-order valence-corrected chi connectivity index (χ3v) is 2.06. The SMILES string of the molecule is NCCc1ccoc1-c1ccccn1. The van der Waals surface area contributed by atoms with Crippen molar-refractivity contribution in [1.82, 2.24) is 4.98 Å². The molecular formula is C11H12N2O. The van der Waals surface area contributed by atoms with E-state index < -0.39 is 0 Å². The van der Waals surface area contributed by atoms with E-state index in [9.17, 15) is 0 Å². The predicted molar refractivity (Wildman–Crippen MR) is 54.7 cm³/mol. The predicted octanol–water partition coefficient (Wildman–Crippen LogP) is 1.84. The molecule has 2 aromatic heterocycles. The van der Waals surface area contributed by atoms with Crippen LogP contribution in [-0.4, -0.2) is 11.5 Å². The number of hydrogen-bond acceptors (Lipinski definition) is 3. The summed E-state index contributed by atoms with van der Waals surface area (Å²) in [6.45, 7) is 0.624. The molecule has 0 amide bonds. The van der Waals surface area contributed by atoms with Crippen molar-refractivity contribution in [3.8, 4) is 11.5 Å². The van der Waals surface area contributed by atoms with E-state index in [-0.39, 0.29) is 0 Å². The summed E-state index contributed by atoms with van der Waals surface area (Å²) in [7, 11) is 0. The van der Waals surface area contributed by atoms with Gasteiger partial charge in [-0.25, -0.2) is 0 Å². The third kappa shape index (κ3) is 1.67. The van der Waals surface area contributed by atoms with Crippen LogP contribution in [0.4, 0.5) is 0 Å². The molecule has 0 atom stereocenters. The summed E-state index contributed by atoms with van der Waals surface area (Å²) in [5.41, 5.74) is 7.48. The fraction of sp³-hybridized carbons (Fsp3) is 0.182. The molecule has 0 fully saturated rings. The number of nitrogens with two attached hydrogens (primary N) is 1. The van der Waals surface area contributed by atoms with Gasteiger partial charge in [-0.1, -0.05) is 6.07 Å². The van der Waals surface area contributed by atoms with E-state index in [0.29, 0.717) is 6.54 Å². The molecule has 0 aliphatic carbocycles. The van der Waals surface area contributed by atoms with E-state index >= 15 is 0 Å². The maximum Gasteiger partial charge on any atom is 0.155 e. The van der Waals surface area contributed by atoms with Gasteiger partial charge in [0, 0.05) is 11.8 Å². The average Bonchev–Trinajstić information content (AvgIpc) is 2.68. The molecule has 2 N–H and O–H groups in total. The molecule has 14 heavy (non-hydrogen) atoms. The van der Waals surface area contributed by atoms with Crippen LogP contribution in [0.1, 0.15) is 5.56 Å². The van der Waals surface area contributed by atoms with Crippen LogP contribution in [0.15, 0.2) is 41.1 Å². The zero-order valence-electron chi connectivity index (χ0n) is 7.81. The summed E-state index contributed by atoms with van der Waals surface area (Å²) in [5.74, 6) is 0.830. The Balaban J connectivity index is 2.37. The molecule has 72 valence electrons. The zero-order valence-corrected chi connectivity index (χ0v) is 7.81. The number of nitrogens with zero attached hydrogens (tertiary/aromatic N) is 1. The highest BCUT2D eigenvalue weighted by Gasteiger charge is 2.08. The molecule has 0 unspecified atom stereocenters. The van der Waals surface area contributed by atoms with Gasteiger partial charge in [0.05, 0.1) is 6.26 Å². The van der Waals surface area contributed by atoms with Gasteiger partial charge in [-0.05, 0) is 31.2 Å². The lowest BCUT2D eigenvalue weighted by molar-refractivity contribution is 0.577. The minimum absolute atomic E-state index is 0.624. The number of furan rings is 1. The first-order valence-electron chi connectivity index (χ1n) is 4.59. The molecule has 0 spiro atoms. The Morgan fingerprint density at radius 3 is 2.93 bits per heavy atom. The normalized spacial score (nSPS) is 10.4. The van der Waals surface area contributed by atoms with E-state index in [1.807, 2.05) is 24.3 Å². The van der Waals surface area contributed by atoms with Gasteiger partial charge in [-0.15, -0.1) is 0 Å². The fourth-order valence-electron chi connectivity index (χ4n) is 1.41. The Kier molecular flexibility index (Phi) is 2.60. The maximum atomic E-state index is 5.50. The lowest BCUT2D eigenvalue weighted by atomic mass is 10.1. The Morgan fingerprint density at radius 1 is 1.29 bits per heavy atom. The largest absolute Gasteiger partial charge is 0.462 e. The highest BCUT2D eigenvalue weighted by atomic mass is 16.3. The van der Waals surface area contributed by atoms with Gasteiger partial charge in [0.2, 0.25) is 0 Å². The topological polar surface area (TPSA) is 52.0 Å². The number of hydrogen-bond donors (Lipinski definition) is 1. The summed E-state index contributed by atoms with van der Waals surface area (Å²) in [4.78, 5) is 4.23. The first-order valence-corrected chi connectivity index (χ1v) is 4.59. The summed E-state index contributed by atoms with van der Waals surface area (Å²) in [6.07, 6.45) is 4.25. The second-order valence-electron chi connectivity index (χ2n) is 3.03. The summed E-state index contributed by atoms with van der Waals surface area (Å²) < 4.78 is 5.39. The summed E-state index contributed by atoms with van der Waals surface area (Å²) >= 11 is 0. The first kappa shape index (κ1) is 8.97. The van der Waals surface area contributed by atoms with Crippen molar-refractivity contribution in [2.24, 2.45) is 5.73 Å². The number of aromatic nitrogens is 1. The smallest absolute Gasteiger partial charge is 0.155 e. The van der Waals surface area contributed by atoms with Crippen LogP contribution in [0.2, 0.25) is 0 Å². The van der Waals surface area contributed by atoms with Crippen LogP contribution in [0.25, 0.3) is 11.5 Å². The molecule has 2 heterocycles. The highest BCUT2D eigenvalue weighted by molar-refractivity contribution is 5.56. The molecule has 0 aliphatic rings. The molecule has 0 radical (unpaired) electrons. The fourth-order valence-corrected chi connectivity index (χ4v) is 1.41. The van der Waals surface area contributed by atoms with E-state index in [2.05, 4.69) is 4.98 Å². The molecule has 3 heteroatoms. The lowest BCUT2D eigenvalue weighted by Crippen LogP contribution is -2.02.